The summed E-state index contributed by atoms with van der Waals surface area (Å²) in [5.74, 6) is 0.757. The molecule has 1 aliphatic rings. The SMILES string of the molecule is CCN1C(C)=CC(c2ccccc2-c2ccc(C#N)cc2)n2nnnc21. The topological polar surface area (TPSA) is 70.6 Å². The van der Waals surface area contributed by atoms with E-state index in [0.29, 0.717) is 5.56 Å². The van der Waals surface area contributed by atoms with E-state index in [0.717, 1.165) is 34.9 Å². The van der Waals surface area contributed by atoms with Crippen LogP contribution in [0.2, 0.25) is 0 Å². The highest BCUT2D eigenvalue weighted by Crippen LogP contribution is 2.36. The molecule has 6 heteroatoms. The molecule has 0 bridgehead atoms. The van der Waals surface area contributed by atoms with Crippen molar-refractivity contribution in [3.8, 4) is 17.2 Å². The highest BCUT2D eigenvalue weighted by molar-refractivity contribution is 5.69. The van der Waals surface area contributed by atoms with Crippen LogP contribution >= 0.6 is 0 Å². The molecule has 3 aromatic rings. The van der Waals surface area contributed by atoms with Crippen molar-refractivity contribution in [3.05, 3.63) is 71.4 Å². The molecule has 1 atom stereocenters. The Kier molecular flexibility index (Phi) is 3.98. The van der Waals surface area contributed by atoms with E-state index >= 15 is 0 Å². The number of rotatable bonds is 3. The van der Waals surface area contributed by atoms with Crippen molar-refractivity contribution in [1.29, 1.82) is 5.26 Å². The van der Waals surface area contributed by atoms with Crippen LogP contribution in [-0.4, -0.2) is 26.8 Å². The number of hydrogen-bond donors (Lipinski definition) is 0. The van der Waals surface area contributed by atoms with Crippen molar-refractivity contribution in [2.75, 3.05) is 11.4 Å². The first-order chi connectivity index (χ1) is 12.7. The predicted octanol–water partition coefficient (Wildman–Crippen LogP) is 3.54. The molecule has 0 saturated heterocycles. The number of hydrogen-bond acceptors (Lipinski definition) is 5. The van der Waals surface area contributed by atoms with E-state index in [1.54, 1.807) is 0 Å². The molecule has 0 spiro atoms. The summed E-state index contributed by atoms with van der Waals surface area (Å²) in [7, 11) is 0. The lowest BCUT2D eigenvalue weighted by Gasteiger charge is -2.31. The van der Waals surface area contributed by atoms with Gasteiger partial charge in [-0.25, -0.2) is 0 Å². The average molecular weight is 342 g/mol. The molecular weight excluding hydrogens is 324 g/mol. The van der Waals surface area contributed by atoms with Gasteiger partial charge < -0.3 is 4.90 Å². The van der Waals surface area contributed by atoms with Gasteiger partial charge in [0.1, 0.15) is 6.04 Å². The monoisotopic (exact) mass is 342 g/mol. The molecule has 0 fully saturated rings. The molecule has 2 aromatic carbocycles. The maximum absolute atomic E-state index is 9.03. The van der Waals surface area contributed by atoms with Gasteiger partial charge in [0, 0.05) is 12.2 Å². The van der Waals surface area contributed by atoms with Gasteiger partial charge in [-0.3, -0.25) is 0 Å². The number of tetrazole rings is 1. The van der Waals surface area contributed by atoms with Crippen molar-refractivity contribution in [2.24, 2.45) is 0 Å². The summed E-state index contributed by atoms with van der Waals surface area (Å²) < 4.78 is 1.86. The maximum Gasteiger partial charge on any atom is 0.250 e. The standard InChI is InChI=1S/C20H18N6/c1-3-25-14(2)12-19(26-20(25)22-23-24-26)18-7-5-4-6-17(18)16-10-8-15(13-21)9-11-16/h4-12,19H,3H2,1-2H3. The molecule has 1 aromatic heterocycles. The lowest BCUT2D eigenvalue weighted by molar-refractivity contribution is 0.562. The minimum Gasteiger partial charge on any atom is -0.314 e. The molecule has 1 unspecified atom stereocenters. The summed E-state index contributed by atoms with van der Waals surface area (Å²) >= 11 is 0. The smallest absolute Gasteiger partial charge is 0.250 e. The van der Waals surface area contributed by atoms with Crippen LogP contribution in [0, 0.1) is 11.3 Å². The molecule has 0 saturated carbocycles. The van der Waals surface area contributed by atoms with Crippen LogP contribution in [0.15, 0.2) is 60.3 Å². The molecule has 26 heavy (non-hydrogen) atoms. The quantitative estimate of drug-likeness (QED) is 0.728. The van der Waals surface area contributed by atoms with Gasteiger partial charge >= 0.3 is 0 Å². The summed E-state index contributed by atoms with van der Waals surface area (Å²) in [6.45, 7) is 4.98. The van der Waals surface area contributed by atoms with Gasteiger partial charge in [0.15, 0.2) is 0 Å². The van der Waals surface area contributed by atoms with Crippen LogP contribution in [0.4, 0.5) is 5.95 Å². The van der Waals surface area contributed by atoms with Gasteiger partial charge in [0.25, 0.3) is 5.95 Å². The molecule has 0 N–H and O–H groups in total. The highest BCUT2D eigenvalue weighted by Gasteiger charge is 2.28. The Morgan fingerprint density at radius 1 is 1.12 bits per heavy atom. The molecule has 1 aliphatic heterocycles. The maximum atomic E-state index is 9.03. The Balaban J connectivity index is 1.85. The minimum atomic E-state index is -0.0744. The predicted molar refractivity (Wildman–Crippen MR) is 99.3 cm³/mol. The zero-order valence-corrected chi connectivity index (χ0v) is 14.7. The van der Waals surface area contributed by atoms with Gasteiger partial charge in [-0.2, -0.15) is 9.94 Å². The summed E-state index contributed by atoms with van der Waals surface area (Å²) in [5.41, 5.74) is 5.09. The summed E-state index contributed by atoms with van der Waals surface area (Å²) in [6.07, 6.45) is 2.19. The molecule has 6 nitrogen and oxygen atoms in total. The van der Waals surface area contributed by atoms with Crippen molar-refractivity contribution in [3.63, 3.8) is 0 Å². The first-order valence-electron chi connectivity index (χ1n) is 8.56. The lowest BCUT2D eigenvalue weighted by Crippen LogP contribution is -2.31. The second-order valence-electron chi connectivity index (χ2n) is 6.20. The second-order valence-corrected chi connectivity index (χ2v) is 6.20. The minimum absolute atomic E-state index is 0.0744. The number of nitriles is 1. The number of allylic oxidation sites excluding steroid dienone is 2. The Morgan fingerprint density at radius 2 is 1.88 bits per heavy atom. The van der Waals surface area contributed by atoms with E-state index in [9.17, 15) is 0 Å². The molecule has 0 radical (unpaired) electrons. The van der Waals surface area contributed by atoms with Gasteiger partial charge in [0.05, 0.1) is 11.6 Å². The van der Waals surface area contributed by atoms with Gasteiger partial charge in [-0.05, 0) is 59.2 Å². The molecule has 0 aliphatic carbocycles. The molecule has 0 amide bonds. The number of nitrogens with zero attached hydrogens (tertiary/aromatic N) is 6. The third-order valence-corrected chi connectivity index (χ3v) is 4.73. The second kappa shape index (κ2) is 6.45. The molecular formula is C20H18N6. The van der Waals surface area contributed by atoms with Crippen molar-refractivity contribution in [1.82, 2.24) is 20.2 Å². The van der Waals surface area contributed by atoms with Crippen LogP contribution < -0.4 is 4.90 Å². The van der Waals surface area contributed by atoms with Gasteiger partial charge in [-0.15, -0.1) is 0 Å². The van der Waals surface area contributed by atoms with Crippen LogP contribution in [-0.2, 0) is 0 Å². The number of anilines is 1. The number of fused-ring (bicyclic) bond motifs is 1. The Hall–Kier alpha value is -3.46. The fraction of sp³-hybridized carbons (Fsp3) is 0.200. The van der Waals surface area contributed by atoms with E-state index < -0.39 is 0 Å². The van der Waals surface area contributed by atoms with Crippen molar-refractivity contribution in [2.45, 2.75) is 19.9 Å². The summed E-state index contributed by atoms with van der Waals surface area (Å²) in [6, 6.07) is 18.0. The highest BCUT2D eigenvalue weighted by atomic mass is 15.6. The van der Waals surface area contributed by atoms with Gasteiger partial charge in [0.2, 0.25) is 0 Å². The van der Waals surface area contributed by atoms with E-state index in [1.807, 2.05) is 41.1 Å². The Bertz CT molecular complexity index is 1010. The fourth-order valence-electron chi connectivity index (χ4n) is 3.45. The van der Waals surface area contributed by atoms with Gasteiger partial charge in [-0.1, -0.05) is 41.5 Å². The summed E-state index contributed by atoms with van der Waals surface area (Å²) in [4.78, 5) is 2.10. The normalized spacial score (nSPS) is 16.0. The van der Waals surface area contributed by atoms with Crippen LogP contribution in [0.5, 0.6) is 0 Å². The van der Waals surface area contributed by atoms with Crippen LogP contribution in [0.3, 0.4) is 0 Å². The van der Waals surface area contributed by atoms with Crippen molar-refractivity contribution >= 4 is 5.95 Å². The van der Waals surface area contributed by atoms with Crippen molar-refractivity contribution < 1.29 is 0 Å². The average Bonchev–Trinajstić information content (AvgIpc) is 3.17. The zero-order valence-electron chi connectivity index (χ0n) is 14.7. The third kappa shape index (κ3) is 2.54. The molecule has 4 rings (SSSR count). The summed E-state index contributed by atoms with van der Waals surface area (Å²) in [5, 5.41) is 21.4. The van der Waals surface area contributed by atoms with Crippen LogP contribution in [0.1, 0.15) is 31.0 Å². The van der Waals surface area contributed by atoms with Crippen LogP contribution in [0.25, 0.3) is 11.1 Å². The molecule has 128 valence electrons. The molecule has 2 heterocycles. The first kappa shape index (κ1) is 16.0. The fourth-order valence-corrected chi connectivity index (χ4v) is 3.45. The lowest BCUT2D eigenvalue weighted by atomic mass is 9.93. The largest absolute Gasteiger partial charge is 0.314 e. The third-order valence-electron chi connectivity index (χ3n) is 4.73. The van der Waals surface area contributed by atoms with E-state index in [1.165, 1.54) is 0 Å². The zero-order chi connectivity index (χ0) is 18.1. The van der Waals surface area contributed by atoms with E-state index in [4.69, 9.17) is 5.26 Å². The van der Waals surface area contributed by atoms with E-state index in [2.05, 4.69) is 58.6 Å². The number of aromatic nitrogens is 4. The Morgan fingerprint density at radius 3 is 2.62 bits per heavy atom. The first-order valence-corrected chi connectivity index (χ1v) is 8.56. The van der Waals surface area contributed by atoms with E-state index in [-0.39, 0.29) is 6.04 Å². The Labute approximate surface area is 152 Å². The number of benzene rings is 2.